The maximum Gasteiger partial charge on any atom is 0.320 e. The number of ether oxygens (including phenoxy) is 1. The minimum absolute atomic E-state index is 0.0153. The minimum atomic E-state index is -2.03. The van der Waals surface area contributed by atoms with Crippen molar-refractivity contribution in [3.05, 3.63) is 81.4 Å². The first-order chi connectivity index (χ1) is 14.2. The lowest BCUT2D eigenvalue weighted by molar-refractivity contribution is -0.547. The Balaban J connectivity index is 2.33. The number of aryl methyl sites for hydroxylation is 1. The quantitative estimate of drug-likeness (QED) is 0.339. The monoisotopic (exact) mass is 411 g/mol. The van der Waals surface area contributed by atoms with Gasteiger partial charge < -0.3 is 9.84 Å². The number of nitrogens with zero attached hydrogens (tertiary/aromatic N) is 1. The largest absolute Gasteiger partial charge is 0.465 e. The summed E-state index contributed by atoms with van der Waals surface area (Å²) < 4.78 is 5.23. The van der Waals surface area contributed by atoms with Gasteiger partial charge in [0.2, 0.25) is 0 Å². The van der Waals surface area contributed by atoms with Crippen molar-refractivity contribution in [2.24, 2.45) is 5.41 Å². The second-order valence-corrected chi connectivity index (χ2v) is 7.83. The third-order valence-corrected chi connectivity index (χ3v) is 6.09. The van der Waals surface area contributed by atoms with Crippen LogP contribution in [0.25, 0.3) is 0 Å². The summed E-state index contributed by atoms with van der Waals surface area (Å²) in [4.78, 5) is 37.9. The fourth-order valence-electron chi connectivity index (χ4n) is 4.67. The van der Waals surface area contributed by atoms with Gasteiger partial charge in [-0.2, -0.15) is 0 Å². The van der Waals surface area contributed by atoms with E-state index in [2.05, 4.69) is 0 Å². The molecule has 0 bridgehead atoms. The molecule has 0 amide bonds. The first kappa shape index (κ1) is 21.6. The van der Waals surface area contributed by atoms with Crippen molar-refractivity contribution in [3.8, 4) is 0 Å². The highest BCUT2D eigenvalue weighted by Gasteiger charge is 2.73. The van der Waals surface area contributed by atoms with Crippen LogP contribution in [0.15, 0.2) is 54.6 Å². The molecule has 3 rings (SSSR count). The third-order valence-electron chi connectivity index (χ3n) is 6.09. The number of ketones is 1. The van der Waals surface area contributed by atoms with E-state index in [0.717, 1.165) is 5.56 Å². The van der Waals surface area contributed by atoms with Crippen LogP contribution in [0, 0.1) is 22.5 Å². The van der Waals surface area contributed by atoms with E-state index in [4.69, 9.17) is 4.74 Å². The number of aliphatic hydroxyl groups is 1. The molecule has 7 nitrogen and oxygen atoms in total. The van der Waals surface area contributed by atoms with Crippen LogP contribution in [0.3, 0.4) is 0 Å². The summed E-state index contributed by atoms with van der Waals surface area (Å²) in [6, 6.07) is 13.4. The smallest absolute Gasteiger partial charge is 0.320 e. The number of hydrogen-bond donors (Lipinski definition) is 1. The van der Waals surface area contributed by atoms with Crippen LogP contribution in [-0.4, -0.2) is 34.4 Å². The van der Waals surface area contributed by atoms with E-state index in [-0.39, 0.29) is 12.2 Å². The Morgan fingerprint density at radius 1 is 1.17 bits per heavy atom. The average molecular weight is 411 g/mol. The third kappa shape index (κ3) is 3.29. The summed E-state index contributed by atoms with van der Waals surface area (Å²) in [5.41, 5.74) is -2.25. The molecule has 0 heterocycles. The summed E-state index contributed by atoms with van der Waals surface area (Å²) in [6.45, 7) is 4.72. The zero-order chi connectivity index (χ0) is 22.1. The number of esters is 1. The van der Waals surface area contributed by atoms with E-state index in [1.807, 2.05) is 6.92 Å². The Morgan fingerprint density at radius 3 is 2.27 bits per heavy atom. The van der Waals surface area contributed by atoms with Gasteiger partial charge in [-0.15, -0.1) is 0 Å². The van der Waals surface area contributed by atoms with Crippen molar-refractivity contribution in [1.82, 2.24) is 0 Å². The van der Waals surface area contributed by atoms with Crippen molar-refractivity contribution in [2.75, 3.05) is 6.61 Å². The fraction of sp³-hybridized carbons (Fsp3) is 0.391. The zero-order valence-electron chi connectivity index (χ0n) is 17.2. The van der Waals surface area contributed by atoms with E-state index >= 15 is 0 Å². The van der Waals surface area contributed by atoms with Gasteiger partial charge in [-0.3, -0.25) is 19.7 Å². The van der Waals surface area contributed by atoms with Crippen molar-refractivity contribution in [3.63, 3.8) is 0 Å². The van der Waals surface area contributed by atoms with Gasteiger partial charge in [0.25, 0.3) is 6.04 Å². The first-order valence-corrected chi connectivity index (χ1v) is 9.84. The number of carbonyl (C=O) groups excluding carboxylic acids is 2. The van der Waals surface area contributed by atoms with E-state index in [1.54, 1.807) is 61.5 Å². The lowest BCUT2D eigenvalue weighted by Gasteiger charge is -2.30. The molecule has 158 valence electrons. The van der Waals surface area contributed by atoms with Gasteiger partial charge in [0.05, 0.1) is 12.5 Å². The molecule has 0 aromatic heterocycles. The molecule has 1 aliphatic carbocycles. The van der Waals surface area contributed by atoms with E-state index in [9.17, 15) is 24.8 Å². The van der Waals surface area contributed by atoms with Crippen LogP contribution in [0.5, 0.6) is 0 Å². The summed E-state index contributed by atoms with van der Waals surface area (Å²) in [5.74, 6) is -2.60. The van der Waals surface area contributed by atoms with Crippen LogP contribution < -0.4 is 0 Å². The van der Waals surface area contributed by atoms with Crippen LogP contribution in [0.4, 0.5) is 0 Å². The topological polar surface area (TPSA) is 107 Å². The highest BCUT2D eigenvalue weighted by atomic mass is 16.6. The van der Waals surface area contributed by atoms with E-state index < -0.39 is 46.1 Å². The van der Waals surface area contributed by atoms with Crippen LogP contribution in [-0.2, 0) is 19.9 Å². The molecular weight excluding hydrogens is 386 g/mol. The molecular formula is C23H25NO6. The predicted molar refractivity (Wildman–Crippen MR) is 109 cm³/mol. The average Bonchev–Trinajstić information content (AvgIpc) is 3.01. The number of hydrogen-bond acceptors (Lipinski definition) is 6. The number of nitro groups is 1. The molecule has 1 saturated carbocycles. The van der Waals surface area contributed by atoms with Crippen molar-refractivity contribution < 1.29 is 24.4 Å². The van der Waals surface area contributed by atoms with Gasteiger partial charge in [0.15, 0.2) is 5.60 Å². The number of rotatable bonds is 6. The Bertz CT molecular complexity index is 957. The van der Waals surface area contributed by atoms with Gasteiger partial charge in [-0.1, -0.05) is 60.2 Å². The number of benzene rings is 2. The Labute approximate surface area is 174 Å². The van der Waals surface area contributed by atoms with Gasteiger partial charge in [-0.25, -0.2) is 0 Å². The second-order valence-electron chi connectivity index (χ2n) is 7.83. The Kier molecular flexibility index (Phi) is 5.76. The standard InChI is InChI=1S/C23H25NO6/c1-4-30-21(26)22(16(3)25)14-23(27,18-8-6-5-7-9-18)20(24(28)29)19(22)17-12-10-15(2)11-13-17/h5-13,19-20,27H,4,14H2,1-3H3/t19-,20-,22-,23-/m0/s1. The Hall–Kier alpha value is -3.06. The molecule has 30 heavy (non-hydrogen) atoms. The van der Waals surface area contributed by atoms with Crippen LogP contribution >= 0.6 is 0 Å². The van der Waals surface area contributed by atoms with Gasteiger partial charge in [0.1, 0.15) is 11.2 Å². The van der Waals surface area contributed by atoms with Crippen molar-refractivity contribution in [1.29, 1.82) is 0 Å². The van der Waals surface area contributed by atoms with E-state index in [0.29, 0.717) is 5.56 Å². The molecule has 0 unspecified atom stereocenters. The predicted octanol–water partition coefficient (Wildman–Crippen LogP) is 3.15. The molecule has 0 aliphatic heterocycles. The molecule has 7 heteroatoms. The second kappa shape index (κ2) is 7.99. The summed E-state index contributed by atoms with van der Waals surface area (Å²) in [6.07, 6.45) is -0.428. The molecule has 0 radical (unpaired) electrons. The molecule has 1 fully saturated rings. The molecule has 1 aliphatic rings. The summed E-state index contributed by atoms with van der Waals surface area (Å²) in [5, 5.41) is 24.0. The summed E-state index contributed by atoms with van der Waals surface area (Å²) >= 11 is 0. The first-order valence-electron chi connectivity index (χ1n) is 9.84. The molecule has 2 aromatic rings. The summed E-state index contributed by atoms with van der Waals surface area (Å²) in [7, 11) is 0. The maximum atomic E-state index is 13.2. The SMILES string of the molecule is CCOC(=O)[C@]1(C(C)=O)C[C@](O)(c2ccccc2)[C@@H]([N+](=O)[O-])[C@@H]1c1ccc(C)cc1. The fourth-order valence-corrected chi connectivity index (χ4v) is 4.67. The zero-order valence-corrected chi connectivity index (χ0v) is 17.2. The van der Waals surface area contributed by atoms with E-state index in [1.165, 1.54) is 6.92 Å². The van der Waals surface area contributed by atoms with Gasteiger partial charge in [-0.05, 0) is 31.9 Å². The highest BCUT2D eigenvalue weighted by molar-refractivity contribution is 6.04. The molecule has 1 N–H and O–H groups in total. The van der Waals surface area contributed by atoms with Crippen LogP contribution in [0.1, 0.15) is 42.9 Å². The Morgan fingerprint density at radius 2 is 1.77 bits per heavy atom. The molecule has 2 aromatic carbocycles. The molecule has 0 spiro atoms. The highest BCUT2D eigenvalue weighted by Crippen LogP contribution is 2.59. The van der Waals surface area contributed by atoms with Crippen LogP contribution in [0.2, 0.25) is 0 Å². The number of carbonyl (C=O) groups is 2. The number of Topliss-reactive ketones (excluding diaryl/α,β-unsaturated/α-hetero) is 1. The minimum Gasteiger partial charge on any atom is -0.465 e. The lowest BCUT2D eigenvalue weighted by atomic mass is 9.70. The lowest BCUT2D eigenvalue weighted by Crippen LogP contribution is -2.45. The van der Waals surface area contributed by atoms with Gasteiger partial charge in [0, 0.05) is 11.3 Å². The normalized spacial score (nSPS) is 28.1. The molecule has 0 saturated heterocycles. The molecule has 4 atom stereocenters. The van der Waals surface area contributed by atoms with Crippen molar-refractivity contribution in [2.45, 2.75) is 44.8 Å². The maximum absolute atomic E-state index is 13.2. The van der Waals surface area contributed by atoms with Crippen molar-refractivity contribution >= 4 is 11.8 Å². The van der Waals surface area contributed by atoms with Gasteiger partial charge >= 0.3 is 5.97 Å².